The summed E-state index contributed by atoms with van der Waals surface area (Å²) >= 11 is 11.7. The summed E-state index contributed by atoms with van der Waals surface area (Å²) in [6, 6.07) is 0. The number of aromatic nitrogens is 8. The third-order valence-electron chi connectivity index (χ3n) is 5.98. The summed E-state index contributed by atoms with van der Waals surface area (Å²) in [4.78, 5) is 35.8. The van der Waals surface area contributed by atoms with Crippen molar-refractivity contribution in [2.24, 2.45) is 0 Å². The SMILES string of the molecule is Cc1cnc(Cl)nc1N1CCc2nc[nH]c2C1.Cc1cnc(Cl)nc1N1CCc2nc[nH]c2C1. The molecule has 0 fully saturated rings. The summed E-state index contributed by atoms with van der Waals surface area (Å²) in [5, 5.41) is 0.585. The molecule has 0 unspecified atom stereocenters. The predicted octanol–water partition coefficient (Wildman–Crippen LogP) is 3.45. The van der Waals surface area contributed by atoms with Crippen LogP contribution < -0.4 is 9.80 Å². The summed E-state index contributed by atoms with van der Waals surface area (Å²) in [7, 11) is 0. The fourth-order valence-corrected chi connectivity index (χ4v) is 4.51. The number of aryl methyl sites for hydroxylation is 2. The highest BCUT2D eigenvalue weighted by Crippen LogP contribution is 2.25. The van der Waals surface area contributed by atoms with Gasteiger partial charge in [0.15, 0.2) is 0 Å². The number of hydrogen-bond acceptors (Lipinski definition) is 8. The van der Waals surface area contributed by atoms with Gasteiger partial charge in [0.05, 0.1) is 48.5 Å². The first-order chi connectivity index (χ1) is 16.5. The fraction of sp³-hybridized carbons (Fsp3) is 0.364. The third-order valence-corrected chi connectivity index (χ3v) is 6.34. The standard InChI is InChI=1S/2C11H12ClN5/c2*1-7-4-13-11(12)16-10(7)17-3-2-8-9(5-17)15-6-14-8/h2*4,6H,2-3,5H2,1H3,(H,14,15). The van der Waals surface area contributed by atoms with Crippen molar-refractivity contribution in [2.45, 2.75) is 39.8 Å². The van der Waals surface area contributed by atoms with Gasteiger partial charge in [-0.2, -0.15) is 0 Å². The zero-order chi connectivity index (χ0) is 23.7. The van der Waals surface area contributed by atoms with Crippen LogP contribution in [0.25, 0.3) is 0 Å². The molecule has 0 radical (unpaired) electrons. The minimum Gasteiger partial charge on any atom is -0.350 e. The number of H-pyrrole nitrogens is 2. The Morgan fingerprint density at radius 1 is 0.706 bits per heavy atom. The van der Waals surface area contributed by atoms with Crippen LogP contribution >= 0.6 is 23.2 Å². The first-order valence-electron chi connectivity index (χ1n) is 11.0. The predicted molar refractivity (Wildman–Crippen MR) is 130 cm³/mol. The molecule has 10 nitrogen and oxygen atoms in total. The second kappa shape index (κ2) is 9.55. The van der Waals surface area contributed by atoms with Gasteiger partial charge in [0.25, 0.3) is 0 Å². The highest BCUT2D eigenvalue weighted by Gasteiger charge is 2.22. The van der Waals surface area contributed by atoms with Crippen LogP contribution in [0, 0.1) is 13.8 Å². The van der Waals surface area contributed by atoms with Crippen molar-refractivity contribution in [3.8, 4) is 0 Å². The molecule has 4 aromatic rings. The molecule has 0 saturated heterocycles. The number of fused-ring (bicyclic) bond motifs is 2. The van der Waals surface area contributed by atoms with E-state index in [1.807, 2.05) is 13.8 Å². The molecule has 176 valence electrons. The number of anilines is 2. The average Bonchev–Trinajstić information content (AvgIpc) is 3.51. The van der Waals surface area contributed by atoms with Crippen LogP contribution in [0.3, 0.4) is 0 Å². The Labute approximate surface area is 206 Å². The molecule has 2 aliphatic rings. The van der Waals surface area contributed by atoms with Crippen molar-refractivity contribution in [3.63, 3.8) is 0 Å². The van der Waals surface area contributed by atoms with E-state index in [-0.39, 0.29) is 0 Å². The van der Waals surface area contributed by atoms with E-state index in [1.54, 1.807) is 25.0 Å². The van der Waals surface area contributed by atoms with Crippen molar-refractivity contribution in [2.75, 3.05) is 22.9 Å². The molecule has 12 heteroatoms. The Balaban J connectivity index is 0.000000142. The fourth-order valence-electron chi connectivity index (χ4n) is 4.25. The molecule has 0 spiro atoms. The molecule has 6 heterocycles. The number of halogens is 2. The summed E-state index contributed by atoms with van der Waals surface area (Å²) in [5.74, 6) is 1.82. The van der Waals surface area contributed by atoms with Gasteiger partial charge in [-0.1, -0.05) is 0 Å². The first kappa shape index (κ1) is 22.5. The Kier molecular flexibility index (Phi) is 6.34. The van der Waals surface area contributed by atoms with Gasteiger partial charge in [-0.05, 0) is 37.0 Å². The summed E-state index contributed by atoms with van der Waals surface area (Å²) < 4.78 is 0. The molecule has 6 rings (SSSR count). The number of nitrogens with zero attached hydrogens (tertiary/aromatic N) is 8. The molecule has 0 aromatic carbocycles. The third kappa shape index (κ3) is 4.69. The largest absolute Gasteiger partial charge is 0.350 e. The maximum Gasteiger partial charge on any atom is 0.224 e. The minimum atomic E-state index is 0.293. The van der Waals surface area contributed by atoms with E-state index in [9.17, 15) is 0 Å². The van der Waals surface area contributed by atoms with E-state index < -0.39 is 0 Å². The zero-order valence-corrected chi connectivity index (χ0v) is 20.4. The van der Waals surface area contributed by atoms with Gasteiger partial charge in [0.1, 0.15) is 11.6 Å². The van der Waals surface area contributed by atoms with Crippen LogP contribution in [0.15, 0.2) is 25.0 Å². The maximum absolute atomic E-state index is 5.85. The smallest absolute Gasteiger partial charge is 0.224 e. The van der Waals surface area contributed by atoms with Gasteiger partial charge in [-0.25, -0.2) is 29.9 Å². The van der Waals surface area contributed by atoms with E-state index >= 15 is 0 Å². The lowest BCUT2D eigenvalue weighted by Crippen LogP contribution is -2.31. The van der Waals surface area contributed by atoms with Gasteiger partial charge in [-0.3, -0.25) is 0 Å². The Hall–Kier alpha value is -3.24. The lowest BCUT2D eigenvalue weighted by Gasteiger charge is -2.28. The van der Waals surface area contributed by atoms with Crippen molar-refractivity contribution >= 4 is 34.8 Å². The van der Waals surface area contributed by atoms with Gasteiger partial charge >= 0.3 is 0 Å². The highest BCUT2D eigenvalue weighted by molar-refractivity contribution is 6.28. The van der Waals surface area contributed by atoms with Crippen molar-refractivity contribution in [1.29, 1.82) is 0 Å². The molecule has 2 aliphatic heterocycles. The first-order valence-corrected chi connectivity index (χ1v) is 11.7. The number of hydrogen-bond donors (Lipinski definition) is 2. The molecular formula is C22H24Cl2N10. The van der Waals surface area contributed by atoms with Crippen molar-refractivity contribution < 1.29 is 0 Å². The van der Waals surface area contributed by atoms with Gasteiger partial charge in [-0.15, -0.1) is 0 Å². The maximum atomic E-state index is 5.85. The van der Waals surface area contributed by atoms with Gasteiger partial charge < -0.3 is 19.8 Å². The average molecular weight is 499 g/mol. The van der Waals surface area contributed by atoms with Crippen molar-refractivity contribution in [1.82, 2.24) is 39.9 Å². The van der Waals surface area contributed by atoms with E-state index in [1.165, 1.54) is 0 Å². The van der Waals surface area contributed by atoms with Crippen LogP contribution in [-0.2, 0) is 25.9 Å². The second-order valence-electron chi connectivity index (χ2n) is 8.29. The molecular weight excluding hydrogens is 475 g/mol. The highest BCUT2D eigenvalue weighted by atomic mass is 35.5. The molecule has 4 aromatic heterocycles. The Bertz CT molecular complexity index is 1200. The second-order valence-corrected chi connectivity index (χ2v) is 8.97. The number of imidazole rings is 2. The number of rotatable bonds is 2. The lowest BCUT2D eigenvalue weighted by molar-refractivity contribution is 0.697. The molecule has 0 aliphatic carbocycles. The monoisotopic (exact) mass is 498 g/mol. The quantitative estimate of drug-likeness (QED) is 0.403. The molecule has 0 saturated carbocycles. The Morgan fingerprint density at radius 2 is 1.15 bits per heavy atom. The topological polar surface area (TPSA) is 115 Å². The molecule has 0 atom stereocenters. The normalized spacial score (nSPS) is 14.8. The van der Waals surface area contributed by atoms with Crippen LogP contribution in [0.1, 0.15) is 33.9 Å². The van der Waals surface area contributed by atoms with Gasteiger partial charge in [0, 0.05) is 49.5 Å². The van der Waals surface area contributed by atoms with Crippen LogP contribution in [0.5, 0.6) is 0 Å². The number of nitrogens with one attached hydrogen (secondary N) is 2. The molecule has 0 bridgehead atoms. The van der Waals surface area contributed by atoms with E-state index in [0.717, 1.165) is 84.6 Å². The molecule has 34 heavy (non-hydrogen) atoms. The Morgan fingerprint density at radius 3 is 1.59 bits per heavy atom. The van der Waals surface area contributed by atoms with Crippen LogP contribution in [-0.4, -0.2) is 53.0 Å². The molecule has 2 N–H and O–H groups in total. The summed E-state index contributed by atoms with van der Waals surface area (Å²) in [6.07, 6.45) is 8.86. The molecule has 0 amide bonds. The van der Waals surface area contributed by atoms with Gasteiger partial charge in [0.2, 0.25) is 10.6 Å². The van der Waals surface area contributed by atoms with Crippen LogP contribution in [0.4, 0.5) is 11.6 Å². The van der Waals surface area contributed by atoms with Crippen LogP contribution in [0.2, 0.25) is 10.6 Å². The van der Waals surface area contributed by atoms with E-state index in [4.69, 9.17) is 23.2 Å². The van der Waals surface area contributed by atoms with Crippen molar-refractivity contribution in [3.05, 3.63) is 69.5 Å². The lowest BCUT2D eigenvalue weighted by atomic mass is 10.1. The summed E-state index contributed by atoms with van der Waals surface area (Å²) in [6.45, 7) is 7.40. The number of aromatic amines is 2. The summed E-state index contributed by atoms with van der Waals surface area (Å²) in [5.41, 5.74) is 6.70. The zero-order valence-electron chi connectivity index (χ0n) is 18.9. The van der Waals surface area contributed by atoms with E-state index in [0.29, 0.717) is 10.6 Å². The van der Waals surface area contributed by atoms with E-state index in [2.05, 4.69) is 49.7 Å². The minimum absolute atomic E-state index is 0.293.